The van der Waals surface area contributed by atoms with Crippen LogP contribution in [-0.2, 0) is 0 Å². The number of hydrogen-bond acceptors (Lipinski definition) is 4. The van der Waals surface area contributed by atoms with Crippen LogP contribution in [0.3, 0.4) is 0 Å². The summed E-state index contributed by atoms with van der Waals surface area (Å²) in [5, 5.41) is 20.9. The number of aromatic nitrogens is 1. The SMILES string of the molecule is CC(CO)(CO)NC(=O)c1ccc(Cl)cn1. The van der Waals surface area contributed by atoms with E-state index in [2.05, 4.69) is 10.3 Å². The minimum Gasteiger partial charge on any atom is -0.394 e. The third kappa shape index (κ3) is 3.16. The second kappa shape index (κ2) is 5.25. The van der Waals surface area contributed by atoms with E-state index in [0.717, 1.165) is 0 Å². The molecule has 0 aliphatic rings. The summed E-state index contributed by atoms with van der Waals surface area (Å²) in [5.41, 5.74) is -0.879. The number of hydrogen-bond donors (Lipinski definition) is 3. The lowest BCUT2D eigenvalue weighted by Gasteiger charge is -2.25. The summed E-state index contributed by atoms with van der Waals surface area (Å²) in [4.78, 5) is 15.5. The molecule has 1 amide bonds. The van der Waals surface area contributed by atoms with Crippen LogP contribution in [-0.4, -0.2) is 39.9 Å². The molecule has 0 aliphatic heterocycles. The molecular weight excluding hydrogens is 232 g/mol. The van der Waals surface area contributed by atoms with E-state index in [1.807, 2.05) is 0 Å². The summed E-state index contributed by atoms with van der Waals surface area (Å²) in [5.74, 6) is -0.470. The molecule has 0 saturated heterocycles. The van der Waals surface area contributed by atoms with Gasteiger partial charge >= 0.3 is 0 Å². The molecule has 88 valence electrons. The Hall–Kier alpha value is -1.17. The number of nitrogens with one attached hydrogen (secondary N) is 1. The highest BCUT2D eigenvalue weighted by Crippen LogP contribution is 2.08. The average molecular weight is 245 g/mol. The first kappa shape index (κ1) is 12.9. The number of halogens is 1. The Morgan fingerprint density at radius 1 is 1.50 bits per heavy atom. The van der Waals surface area contributed by atoms with Gasteiger partial charge in [0.15, 0.2) is 0 Å². The van der Waals surface area contributed by atoms with E-state index in [0.29, 0.717) is 5.02 Å². The summed E-state index contributed by atoms with van der Waals surface area (Å²) < 4.78 is 0. The first-order valence-corrected chi connectivity index (χ1v) is 5.04. The first-order valence-electron chi connectivity index (χ1n) is 4.66. The molecule has 1 aromatic rings. The summed E-state index contributed by atoms with van der Waals surface area (Å²) in [6.45, 7) is 0.812. The number of aliphatic hydroxyl groups is 2. The molecule has 16 heavy (non-hydrogen) atoms. The van der Waals surface area contributed by atoms with Crippen LogP contribution < -0.4 is 5.32 Å². The summed E-state index contributed by atoms with van der Waals surface area (Å²) in [7, 11) is 0. The Bertz CT molecular complexity index is 363. The molecule has 0 bridgehead atoms. The van der Waals surface area contributed by atoms with Crippen molar-refractivity contribution in [3.8, 4) is 0 Å². The number of carbonyl (C=O) groups excluding carboxylic acids is 1. The Morgan fingerprint density at radius 2 is 2.12 bits per heavy atom. The van der Waals surface area contributed by atoms with E-state index in [4.69, 9.17) is 21.8 Å². The van der Waals surface area contributed by atoms with Crippen LogP contribution in [0, 0.1) is 0 Å². The lowest BCUT2D eigenvalue weighted by atomic mass is 10.1. The molecule has 0 unspecified atom stereocenters. The highest BCUT2D eigenvalue weighted by atomic mass is 35.5. The van der Waals surface area contributed by atoms with Gasteiger partial charge < -0.3 is 15.5 Å². The van der Waals surface area contributed by atoms with Gasteiger partial charge in [0.1, 0.15) is 5.69 Å². The van der Waals surface area contributed by atoms with Crippen LogP contribution in [0.1, 0.15) is 17.4 Å². The van der Waals surface area contributed by atoms with Crippen LogP contribution in [0.5, 0.6) is 0 Å². The highest BCUT2D eigenvalue weighted by molar-refractivity contribution is 6.30. The van der Waals surface area contributed by atoms with Gasteiger partial charge in [0.25, 0.3) is 5.91 Å². The molecule has 0 radical (unpaired) electrons. The maximum Gasteiger partial charge on any atom is 0.270 e. The van der Waals surface area contributed by atoms with Gasteiger partial charge in [-0.1, -0.05) is 11.6 Å². The van der Waals surface area contributed by atoms with Crippen molar-refractivity contribution in [1.82, 2.24) is 10.3 Å². The molecule has 1 rings (SSSR count). The topological polar surface area (TPSA) is 82.5 Å². The lowest BCUT2D eigenvalue weighted by Crippen LogP contribution is -2.51. The predicted molar refractivity (Wildman–Crippen MR) is 59.3 cm³/mol. The van der Waals surface area contributed by atoms with Crippen LogP contribution in [0.2, 0.25) is 5.02 Å². The van der Waals surface area contributed by atoms with Crippen molar-refractivity contribution in [2.75, 3.05) is 13.2 Å². The fourth-order valence-electron chi connectivity index (χ4n) is 0.977. The molecule has 5 nitrogen and oxygen atoms in total. The van der Waals surface area contributed by atoms with Crippen LogP contribution in [0.15, 0.2) is 18.3 Å². The second-order valence-corrected chi connectivity index (χ2v) is 4.13. The number of carbonyl (C=O) groups is 1. The van der Waals surface area contributed by atoms with Crippen LogP contribution in [0.25, 0.3) is 0 Å². The van der Waals surface area contributed by atoms with E-state index in [1.54, 1.807) is 6.07 Å². The fraction of sp³-hybridized carbons (Fsp3) is 0.400. The molecule has 6 heteroatoms. The quantitative estimate of drug-likeness (QED) is 0.707. The van der Waals surface area contributed by atoms with Gasteiger partial charge in [0, 0.05) is 6.20 Å². The number of rotatable bonds is 4. The van der Waals surface area contributed by atoms with Crippen molar-refractivity contribution in [3.63, 3.8) is 0 Å². The number of pyridine rings is 1. The molecule has 0 atom stereocenters. The fourth-order valence-corrected chi connectivity index (χ4v) is 1.09. The third-order valence-electron chi connectivity index (χ3n) is 2.07. The molecule has 0 fully saturated rings. The predicted octanol–water partition coefficient (Wildman–Crippen LogP) is 0.208. The van der Waals surface area contributed by atoms with Crippen molar-refractivity contribution in [1.29, 1.82) is 0 Å². The molecular formula is C10H13ClN2O3. The zero-order valence-corrected chi connectivity index (χ0v) is 9.53. The highest BCUT2D eigenvalue weighted by Gasteiger charge is 2.25. The van der Waals surface area contributed by atoms with Crippen molar-refractivity contribution < 1.29 is 15.0 Å². The number of amides is 1. The molecule has 1 aromatic heterocycles. The molecule has 1 heterocycles. The smallest absolute Gasteiger partial charge is 0.270 e. The largest absolute Gasteiger partial charge is 0.394 e. The van der Waals surface area contributed by atoms with Crippen molar-refractivity contribution in [2.24, 2.45) is 0 Å². The standard InChI is InChI=1S/C10H13ClN2O3/c1-10(5-14,6-15)13-9(16)8-3-2-7(11)4-12-8/h2-4,14-15H,5-6H2,1H3,(H,13,16). The van der Waals surface area contributed by atoms with Crippen molar-refractivity contribution in [3.05, 3.63) is 29.0 Å². The summed E-state index contributed by atoms with van der Waals surface area (Å²) in [6.07, 6.45) is 1.35. The lowest BCUT2D eigenvalue weighted by molar-refractivity contribution is 0.0719. The van der Waals surface area contributed by atoms with Gasteiger partial charge in [-0.05, 0) is 19.1 Å². The molecule has 0 aromatic carbocycles. The third-order valence-corrected chi connectivity index (χ3v) is 2.30. The maximum absolute atomic E-state index is 11.7. The maximum atomic E-state index is 11.7. The monoisotopic (exact) mass is 244 g/mol. The van der Waals surface area contributed by atoms with Crippen molar-refractivity contribution >= 4 is 17.5 Å². The van der Waals surface area contributed by atoms with E-state index in [9.17, 15) is 4.79 Å². The minimum atomic E-state index is -1.06. The summed E-state index contributed by atoms with van der Waals surface area (Å²) in [6, 6.07) is 3.01. The van der Waals surface area contributed by atoms with E-state index in [-0.39, 0.29) is 18.9 Å². The molecule has 0 saturated carbocycles. The zero-order valence-electron chi connectivity index (χ0n) is 8.77. The van der Waals surface area contributed by atoms with E-state index >= 15 is 0 Å². The van der Waals surface area contributed by atoms with Crippen LogP contribution >= 0.6 is 11.6 Å². The van der Waals surface area contributed by atoms with Gasteiger partial charge in [0.05, 0.1) is 23.8 Å². The Kier molecular flexibility index (Phi) is 4.23. The van der Waals surface area contributed by atoms with Gasteiger partial charge in [-0.3, -0.25) is 4.79 Å². The zero-order chi connectivity index (χ0) is 12.2. The Balaban J connectivity index is 2.76. The summed E-state index contributed by atoms with van der Waals surface area (Å²) >= 11 is 5.63. The minimum absolute atomic E-state index is 0.178. The second-order valence-electron chi connectivity index (χ2n) is 3.69. The van der Waals surface area contributed by atoms with Crippen molar-refractivity contribution in [2.45, 2.75) is 12.5 Å². The van der Waals surface area contributed by atoms with Gasteiger partial charge in [0.2, 0.25) is 0 Å². The van der Waals surface area contributed by atoms with Gasteiger partial charge in [-0.25, -0.2) is 4.98 Å². The molecule has 3 N–H and O–H groups in total. The number of nitrogens with zero attached hydrogens (tertiary/aromatic N) is 1. The van der Waals surface area contributed by atoms with Gasteiger partial charge in [-0.2, -0.15) is 0 Å². The Morgan fingerprint density at radius 3 is 2.56 bits per heavy atom. The first-order chi connectivity index (χ1) is 7.50. The van der Waals surface area contributed by atoms with E-state index in [1.165, 1.54) is 19.2 Å². The molecule has 0 aliphatic carbocycles. The molecule has 0 spiro atoms. The number of aliphatic hydroxyl groups excluding tert-OH is 2. The average Bonchev–Trinajstić information content (AvgIpc) is 2.29. The van der Waals surface area contributed by atoms with E-state index < -0.39 is 11.4 Å². The Labute approximate surface area is 98.1 Å². The van der Waals surface area contributed by atoms with Crippen LogP contribution in [0.4, 0.5) is 0 Å². The van der Waals surface area contributed by atoms with Gasteiger partial charge in [-0.15, -0.1) is 0 Å². The normalized spacial score (nSPS) is 11.2.